The van der Waals surface area contributed by atoms with E-state index in [1.165, 1.54) is 0 Å². The number of benzene rings is 1. The monoisotopic (exact) mass is 308 g/mol. The fourth-order valence-electron chi connectivity index (χ4n) is 1.90. The lowest BCUT2D eigenvalue weighted by Crippen LogP contribution is -2.42. The normalized spacial score (nSPS) is 12.6. The van der Waals surface area contributed by atoms with E-state index in [1.54, 1.807) is 0 Å². The lowest BCUT2D eigenvalue weighted by Gasteiger charge is -2.22. The number of hydrogen-bond acceptors (Lipinski definition) is 4. The van der Waals surface area contributed by atoms with Crippen molar-refractivity contribution < 1.29 is 14.3 Å². The van der Waals surface area contributed by atoms with Gasteiger partial charge in [-0.2, -0.15) is 0 Å². The molecule has 1 rings (SSSR count). The van der Waals surface area contributed by atoms with Gasteiger partial charge in [0.15, 0.2) is 0 Å². The second-order valence-electron chi connectivity index (χ2n) is 6.26. The summed E-state index contributed by atoms with van der Waals surface area (Å²) in [6, 6.07) is 7.97. The van der Waals surface area contributed by atoms with Gasteiger partial charge in [-0.3, -0.25) is 0 Å². The number of alkyl carbamates (subject to hydrolysis) is 1. The second kappa shape index (κ2) is 8.63. The van der Waals surface area contributed by atoms with Gasteiger partial charge in [-0.15, -0.1) is 0 Å². The van der Waals surface area contributed by atoms with Crippen molar-refractivity contribution in [3.05, 3.63) is 29.8 Å². The second-order valence-corrected chi connectivity index (χ2v) is 6.26. The molecule has 0 aliphatic rings. The van der Waals surface area contributed by atoms with Gasteiger partial charge in [-0.1, -0.05) is 12.1 Å². The van der Waals surface area contributed by atoms with Crippen LogP contribution in [0.4, 0.5) is 4.79 Å². The molecule has 0 aliphatic heterocycles. The highest BCUT2D eigenvalue weighted by molar-refractivity contribution is 5.68. The molecule has 1 unspecified atom stereocenters. The first-order valence-corrected chi connectivity index (χ1v) is 7.72. The standard InChI is InChI=1S/C17H28N2O3/c1-6-21-15-9-7-8-14(10-15)12-18-11-13(2)19-16(20)22-17(3,4)5/h7-10,13,18H,6,11-12H2,1-5H3,(H,19,20). The number of amides is 1. The van der Waals surface area contributed by atoms with E-state index in [4.69, 9.17) is 9.47 Å². The molecule has 124 valence electrons. The molecule has 1 aromatic carbocycles. The van der Waals surface area contributed by atoms with E-state index < -0.39 is 5.60 Å². The summed E-state index contributed by atoms with van der Waals surface area (Å²) in [5.74, 6) is 0.877. The molecule has 1 amide bonds. The molecular formula is C17H28N2O3. The summed E-state index contributed by atoms with van der Waals surface area (Å²) >= 11 is 0. The SMILES string of the molecule is CCOc1cccc(CNCC(C)NC(=O)OC(C)(C)C)c1. The van der Waals surface area contributed by atoms with Gasteiger partial charge in [0, 0.05) is 19.1 Å². The zero-order chi connectivity index (χ0) is 16.6. The molecule has 1 atom stereocenters. The zero-order valence-corrected chi connectivity index (χ0v) is 14.2. The Balaban J connectivity index is 2.31. The quantitative estimate of drug-likeness (QED) is 0.812. The lowest BCUT2D eigenvalue weighted by molar-refractivity contribution is 0.0508. The molecule has 1 aromatic rings. The van der Waals surface area contributed by atoms with Crippen molar-refractivity contribution in [2.24, 2.45) is 0 Å². The maximum Gasteiger partial charge on any atom is 0.407 e. The van der Waals surface area contributed by atoms with Crippen molar-refractivity contribution in [1.82, 2.24) is 10.6 Å². The van der Waals surface area contributed by atoms with Gasteiger partial charge in [0.25, 0.3) is 0 Å². The maximum absolute atomic E-state index is 11.6. The van der Waals surface area contributed by atoms with E-state index in [0.717, 1.165) is 17.9 Å². The van der Waals surface area contributed by atoms with Crippen molar-refractivity contribution in [3.8, 4) is 5.75 Å². The summed E-state index contributed by atoms with van der Waals surface area (Å²) in [7, 11) is 0. The number of carbonyl (C=O) groups is 1. The Hall–Kier alpha value is -1.75. The van der Waals surface area contributed by atoms with Gasteiger partial charge < -0.3 is 20.1 Å². The molecule has 0 aliphatic carbocycles. The van der Waals surface area contributed by atoms with Crippen LogP contribution in [0.2, 0.25) is 0 Å². The Morgan fingerprint density at radius 1 is 1.32 bits per heavy atom. The Bertz CT molecular complexity index is 469. The Morgan fingerprint density at radius 2 is 2.05 bits per heavy atom. The molecule has 0 heterocycles. The fraction of sp³-hybridized carbons (Fsp3) is 0.588. The molecule has 0 aromatic heterocycles. The van der Waals surface area contributed by atoms with Crippen LogP contribution in [0.3, 0.4) is 0 Å². The van der Waals surface area contributed by atoms with Crippen molar-refractivity contribution in [1.29, 1.82) is 0 Å². The number of rotatable bonds is 7. The first-order chi connectivity index (χ1) is 10.3. The van der Waals surface area contributed by atoms with Crippen LogP contribution in [0.15, 0.2) is 24.3 Å². The maximum atomic E-state index is 11.6. The predicted molar refractivity (Wildman–Crippen MR) is 88.1 cm³/mol. The molecule has 0 radical (unpaired) electrons. The highest BCUT2D eigenvalue weighted by atomic mass is 16.6. The minimum atomic E-state index is -0.475. The van der Waals surface area contributed by atoms with E-state index in [2.05, 4.69) is 10.6 Å². The first kappa shape index (κ1) is 18.3. The largest absolute Gasteiger partial charge is 0.494 e. The van der Waals surface area contributed by atoms with Gasteiger partial charge in [-0.05, 0) is 52.3 Å². The van der Waals surface area contributed by atoms with Gasteiger partial charge in [0.05, 0.1) is 6.61 Å². The number of ether oxygens (including phenoxy) is 2. The summed E-state index contributed by atoms with van der Waals surface area (Å²) in [6.07, 6.45) is -0.389. The van der Waals surface area contributed by atoms with Gasteiger partial charge >= 0.3 is 6.09 Å². The summed E-state index contributed by atoms with van der Waals surface area (Å²) in [4.78, 5) is 11.6. The topological polar surface area (TPSA) is 59.6 Å². The third-order valence-electron chi connectivity index (χ3n) is 2.75. The summed E-state index contributed by atoms with van der Waals surface area (Å²) in [5, 5.41) is 6.12. The molecule has 0 saturated heterocycles. The van der Waals surface area contributed by atoms with Crippen LogP contribution in [0.25, 0.3) is 0 Å². The van der Waals surface area contributed by atoms with Crippen LogP contribution >= 0.6 is 0 Å². The Labute approximate surface area is 133 Å². The molecule has 0 bridgehead atoms. The van der Waals surface area contributed by atoms with E-state index in [-0.39, 0.29) is 12.1 Å². The third-order valence-corrected chi connectivity index (χ3v) is 2.75. The van der Waals surface area contributed by atoms with E-state index in [1.807, 2.05) is 58.9 Å². The van der Waals surface area contributed by atoms with Crippen LogP contribution in [0.1, 0.15) is 40.2 Å². The number of carbonyl (C=O) groups excluding carboxylic acids is 1. The van der Waals surface area contributed by atoms with E-state index in [9.17, 15) is 4.79 Å². The first-order valence-electron chi connectivity index (χ1n) is 7.72. The lowest BCUT2D eigenvalue weighted by atomic mass is 10.2. The molecule has 0 fully saturated rings. The average molecular weight is 308 g/mol. The molecule has 2 N–H and O–H groups in total. The van der Waals surface area contributed by atoms with Crippen molar-refractivity contribution in [2.75, 3.05) is 13.2 Å². The van der Waals surface area contributed by atoms with Crippen LogP contribution < -0.4 is 15.4 Å². The summed E-state index contributed by atoms with van der Waals surface area (Å²) < 4.78 is 10.7. The van der Waals surface area contributed by atoms with Crippen LogP contribution in [-0.2, 0) is 11.3 Å². The third kappa shape index (κ3) is 7.88. The number of nitrogens with one attached hydrogen (secondary N) is 2. The van der Waals surface area contributed by atoms with E-state index >= 15 is 0 Å². The predicted octanol–water partition coefficient (Wildman–Crippen LogP) is 3.09. The molecule has 5 heteroatoms. The average Bonchev–Trinajstić information content (AvgIpc) is 2.37. The highest BCUT2D eigenvalue weighted by Gasteiger charge is 2.17. The van der Waals surface area contributed by atoms with Crippen molar-refractivity contribution >= 4 is 6.09 Å². The molecule has 22 heavy (non-hydrogen) atoms. The molecule has 0 saturated carbocycles. The summed E-state index contributed by atoms with van der Waals surface area (Å²) in [5.41, 5.74) is 0.673. The molecular weight excluding hydrogens is 280 g/mol. The van der Waals surface area contributed by atoms with Crippen LogP contribution in [-0.4, -0.2) is 30.9 Å². The zero-order valence-electron chi connectivity index (χ0n) is 14.2. The van der Waals surface area contributed by atoms with Crippen molar-refractivity contribution in [2.45, 2.75) is 52.8 Å². The van der Waals surface area contributed by atoms with Gasteiger partial charge in [-0.25, -0.2) is 4.79 Å². The van der Waals surface area contributed by atoms with Gasteiger partial charge in [0.1, 0.15) is 11.4 Å². The molecule has 5 nitrogen and oxygen atoms in total. The van der Waals surface area contributed by atoms with Crippen LogP contribution in [0.5, 0.6) is 5.75 Å². The summed E-state index contributed by atoms with van der Waals surface area (Å²) in [6.45, 7) is 11.5. The Kier molecular flexibility index (Phi) is 7.18. The van der Waals surface area contributed by atoms with Gasteiger partial charge in [0.2, 0.25) is 0 Å². The Morgan fingerprint density at radius 3 is 2.68 bits per heavy atom. The van der Waals surface area contributed by atoms with Crippen molar-refractivity contribution in [3.63, 3.8) is 0 Å². The highest BCUT2D eigenvalue weighted by Crippen LogP contribution is 2.13. The molecule has 0 spiro atoms. The van der Waals surface area contributed by atoms with E-state index in [0.29, 0.717) is 13.2 Å². The minimum absolute atomic E-state index is 0.00933. The smallest absolute Gasteiger partial charge is 0.407 e. The fourth-order valence-corrected chi connectivity index (χ4v) is 1.90. The number of hydrogen-bond donors (Lipinski definition) is 2. The van der Waals surface area contributed by atoms with Crippen LogP contribution in [0, 0.1) is 0 Å². The minimum Gasteiger partial charge on any atom is -0.494 e.